The number of aryl methyl sites for hydroxylation is 1. The highest BCUT2D eigenvalue weighted by atomic mass is 35.5. The van der Waals surface area contributed by atoms with E-state index in [9.17, 15) is 14.5 Å². The van der Waals surface area contributed by atoms with Crippen molar-refractivity contribution in [1.29, 1.82) is 0 Å². The molecule has 0 fully saturated rings. The van der Waals surface area contributed by atoms with Crippen molar-refractivity contribution in [2.45, 2.75) is 20.3 Å². The Morgan fingerprint density at radius 2 is 2.14 bits per heavy atom. The number of nitro groups is 1. The molecule has 0 saturated carbocycles. The van der Waals surface area contributed by atoms with Crippen molar-refractivity contribution in [3.63, 3.8) is 0 Å². The van der Waals surface area contributed by atoms with E-state index >= 15 is 0 Å². The molecule has 0 radical (unpaired) electrons. The summed E-state index contributed by atoms with van der Waals surface area (Å²) in [5.41, 5.74) is 0.109. The second kappa shape index (κ2) is 6.01. The molecule has 0 saturated heterocycles. The number of nitrogens with zero attached hydrogens (tertiary/aromatic N) is 3. The number of hydrogen-bond acceptors (Lipinski definition) is 5. The molecule has 0 aliphatic rings. The van der Waals surface area contributed by atoms with Gasteiger partial charge in [0, 0.05) is 18.1 Å². The number of ether oxygens (including phenoxy) is 1. The molecular weight excluding hydrogens is 301 g/mol. The molecule has 21 heavy (non-hydrogen) atoms. The number of benzene rings is 1. The fourth-order valence-corrected chi connectivity index (χ4v) is 1.74. The summed E-state index contributed by atoms with van der Waals surface area (Å²) in [5, 5.41) is 10.8. The number of halogens is 2. The van der Waals surface area contributed by atoms with Crippen molar-refractivity contribution >= 4 is 17.3 Å². The Morgan fingerprint density at radius 3 is 2.71 bits per heavy atom. The first kappa shape index (κ1) is 15.1. The Kier molecular flexibility index (Phi) is 4.32. The molecule has 0 bridgehead atoms. The van der Waals surface area contributed by atoms with E-state index in [2.05, 4.69) is 9.97 Å². The van der Waals surface area contributed by atoms with Gasteiger partial charge < -0.3 is 4.74 Å². The van der Waals surface area contributed by atoms with Crippen molar-refractivity contribution in [2.75, 3.05) is 0 Å². The molecule has 0 N–H and O–H groups in total. The summed E-state index contributed by atoms with van der Waals surface area (Å²) in [6, 6.07) is 3.11. The number of aromatic nitrogens is 2. The Labute approximate surface area is 124 Å². The van der Waals surface area contributed by atoms with Crippen molar-refractivity contribution < 1.29 is 14.1 Å². The van der Waals surface area contributed by atoms with Gasteiger partial charge in [-0.15, -0.1) is 0 Å². The lowest BCUT2D eigenvalue weighted by molar-refractivity contribution is -0.385. The summed E-state index contributed by atoms with van der Waals surface area (Å²) in [5.74, 6) is -0.431. The summed E-state index contributed by atoms with van der Waals surface area (Å²) < 4.78 is 19.2. The fraction of sp³-hybridized carbons (Fsp3) is 0.231. The van der Waals surface area contributed by atoms with Crippen LogP contribution in [0.25, 0.3) is 0 Å². The lowest BCUT2D eigenvalue weighted by atomic mass is 10.3. The SMILES string of the molecule is CCc1nc(Cl)c(C)c(Oc2ccc([N+](=O)[O-])cc2F)n1. The van der Waals surface area contributed by atoms with Gasteiger partial charge in [0.25, 0.3) is 5.69 Å². The van der Waals surface area contributed by atoms with Crippen LogP contribution in [0.1, 0.15) is 18.3 Å². The molecule has 0 spiro atoms. The van der Waals surface area contributed by atoms with Crippen molar-refractivity contribution in [1.82, 2.24) is 9.97 Å². The van der Waals surface area contributed by atoms with Crippen LogP contribution in [0.4, 0.5) is 10.1 Å². The highest BCUT2D eigenvalue weighted by Crippen LogP contribution is 2.30. The number of nitro benzene ring substituents is 1. The molecule has 0 aliphatic carbocycles. The van der Waals surface area contributed by atoms with Crippen LogP contribution < -0.4 is 4.74 Å². The molecule has 110 valence electrons. The Morgan fingerprint density at radius 1 is 1.43 bits per heavy atom. The minimum Gasteiger partial charge on any atom is -0.435 e. The van der Waals surface area contributed by atoms with Gasteiger partial charge in [-0.2, -0.15) is 4.98 Å². The van der Waals surface area contributed by atoms with Gasteiger partial charge in [-0.3, -0.25) is 10.1 Å². The quantitative estimate of drug-likeness (QED) is 0.487. The molecule has 2 aromatic rings. The first-order valence-electron chi connectivity index (χ1n) is 6.07. The van der Waals surface area contributed by atoms with Crippen LogP contribution in [0.2, 0.25) is 5.15 Å². The van der Waals surface area contributed by atoms with E-state index in [1.807, 2.05) is 6.92 Å². The van der Waals surface area contributed by atoms with E-state index in [0.29, 0.717) is 17.8 Å². The molecule has 0 atom stereocenters. The van der Waals surface area contributed by atoms with E-state index in [1.165, 1.54) is 6.07 Å². The van der Waals surface area contributed by atoms with E-state index in [1.54, 1.807) is 6.92 Å². The first-order chi connectivity index (χ1) is 9.92. The van der Waals surface area contributed by atoms with Crippen LogP contribution in [0, 0.1) is 22.9 Å². The zero-order valence-corrected chi connectivity index (χ0v) is 12.0. The smallest absolute Gasteiger partial charge is 0.272 e. The molecule has 0 amide bonds. The molecule has 6 nitrogen and oxygen atoms in total. The third kappa shape index (κ3) is 3.25. The van der Waals surface area contributed by atoms with Crippen LogP contribution in [0.3, 0.4) is 0 Å². The summed E-state index contributed by atoms with van der Waals surface area (Å²) in [7, 11) is 0. The molecule has 1 aromatic heterocycles. The van der Waals surface area contributed by atoms with Crippen molar-refractivity contribution in [2.24, 2.45) is 0 Å². The standard InChI is InChI=1S/C13H11ClFN3O3/c1-3-11-16-12(14)7(2)13(17-11)21-10-5-4-8(18(19)20)6-9(10)15/h4-6H,3H2,1-2H3. The predicted octanol–water partition coefficient (Wildman–Crippen LogP) is 3.84. The lowest BCUT2D eigenvalue weighted by Gasteiger charge is -2.10. The van der Waals surface area contributed by atoms with E-state index in [-0.39, 0.29) is 22.5 Å². The maximum Gasteiger partial charge on any atom is 0.272 e. The van der Waals surface area contributed by atoms with E-state index in [4.69, 9.17) is 16.3 Å². The molecule has 1 aromatic carbocycles. The minimum atomic E-state index is -0.851. The van der Waals surface area contributed by atoms with E-state index < -0.39 is 10.7 Å². The monoisotopic (exact) mass is 311 g/mol. The average Bonchev–Trinajstić information content (AvgIpc) is 2.45. The van der Waals surface area contributed by atoms with Gasteiger partial charge in [-0.1, -0.05) is 18.5 Å². The summed E-state index contributed by atoms with van der Waals surface area (Å²) >= 11 is 5.96. The van der Waals surface area contributed by atoms with Crippen molar-refractivity contribution in [3.8, 4) is 11.6 Å². The topological polar surface area (TPSA) is 78.2 Å². The summed E-state index contributed by atoms with van der Waals surface area (Å²) in [6.07, 6.45) is 0.541. The summed E-state index contributed by atoms with van der Waals surface area (Å²) in [4.78, 5) is 18.1. The highest BCUT2D eigenvalue weighted by Gasteiger charge is 2.15. The fourth-order valence-electron chi connectivity index (χ4n) is 1.56. The number of hydrogen-bond donors (Lipinski definition) is 0. The molecule has 0 unspecified atom stereocenters. The molecular formula is C13H11ClFN3O3. The minimum absolute atomic E-state index is 0.125. The second-order valence-corrected chi connectivity index (χ2v) is 4.55. The zero-order chi connectivity index (χ0) is 15.6. The maximum absolute atomic E-state index is 13.8. The normalized spacial score (nSPS) is 10.5. The van der Waals surface area contributed by atoms with Crippen LogP contribution in [-0.4, -0.2) is 14.9 Å². The van der Waals surface area contributed by atoms with Gasteiger partial charge in [0.15, 0.2) is 11.6 Å². The van der Waals surface area contributed by atoms with Crippen LogP contribution in [0.5, 0.6) is 11.6 Å². The third-order valence-corrected chi connectivity index (χ3v) is 3.11. The number of non-ortho nitro benzene ring substituents is 1. The number of rotatable bonds is 4. The van der Waals surface area contributed by atoms with Gasteiger partial charge in [0.05, 0.1) is 11.0 Å². The molecule has 0 aliphatic heterocycles. The second-order valence-electron chi connectivity index (χ2n) is 4.19. The Hall–Kier alpha value is -2.28. The highest BCUT2D eigenvalue weighted by molar-refractivity contribution is 6.30. The van der Waals surface area contributed by atoms with Gasteiger partial charge in [-0.05, 0) is 13.0 Å². The average molecular weight is 312 g/mol. The molecule has 2 rings (SSSR count). The van der Waals surface area contributed by atoms with Gasteiger partial charge in [-0.25, -0.2) is 9.37 Å². The lowest BCUT2D eigenvalue weighted by Crippen LogP contribution is -2.01. The van der Waals surface area contributed by atoms with Gasteiger partial charge in [0.1, 0.15) is 11.0 Å². The van der Waals surface area contributed by atoms with Crippen LogP contribution >= 0.6 is 11.6 Å². The predicted molar refractivity (Wildman–Crippen MR) is 74.3 cm³/mol. The van der Waals surface area contributed by atoms with Crippen LogP contribution in [-0.2, 0) is 6.42 Å². The van der Waals surface area contributed by atoms with Gasteiger partial charge in [0.2, 0.25) is 5.88 Å². The third-order valence-electron chi connectivity index (χ3n) is 2.74. The molecule has 1 heterocycles. The first-order valence-corrected chi connectivity index (χ1v) is 6.45. The Balaban J connectivity index is 2.38. The summed E-state index contributed by atoms with van der Waals surface area (Å²) in [6.45, 7) is 3.48. The van der Waals surface area contributed by atoms with Crippen molar-refractivity contribution in [3.05, 3.63) is 50.7 Å². The zero-order valence-electron chi connectivity index (χ0n) is 11.3. The van der Waals surface area contributed by atoms with Gasteiger partial charge >= 0.3 is 0 Å². The maximum atomic E-state index is 13.8. The van der Waals surface area contributed by atoms with E-state index in [0.717, 1.165) is 12.1 Å². The van der Waals surface area contributed by atoms with Crippen LogP contribution in [0.15, 0.2) is 18.2 Å². The molecule has 8 heteroatoms. The Bertz CT molecular complexity index is 709. The largest absolute Gasteiger partial charge is 0.435 e.